The second-order valence-electron chi connectivity index (χ2n) is 9.27. The van der Waals surface area contributed by atoms with Gasteiger partial charge in [0.05, 0.1) is 5.60 Å². The van der Waals surface area contributed by atoms with Crippen LogP contribution in [0.3, 0.4) is 0 Å². The van der Waals surface area contributed by atoms with Gasteiger partial charge in [-0.3, -0.25) is 9.59 Å². The van der Waals surface area contributed by atoms with E-state index in [1.807, 2.05) is 17.0 Å². The third-order valence-corrected chi connectivity index (χ3v) is 8.07. The molecule has 33 heavy (non-hydrogen) atoms. The van der Waals surface area contributed by atoms with Gasteiger partial charge in [0.1, 0.15) is 0 Å². The average molecular weight is 487 g/mol. The van der Waals surface area contributed by atoms with E-state index >= 15 is 0 Å². The van der Waals surface area contributed by atoms with Crippen LogP contribution < -0.4 is 5.32 Å². The lowest BCUT2D eigenvalue weighted by Crippen LogP contribution is -2.47. The number of piperidine rings is 1. The quantitative estimate of drug-likeness (QED) is 0.563. The lowest BCUT2D eigenvalue weighted by Gasteiger charge is -2.39. The molecule has 2 heterocycles. The molecule has 4 rings (SSSR count). The van der Waals surface area contributed by atoms with E-state index in [0.29, 0.717) is 50.2 Å². The third-order valence-electron chi connectivity index (χ3n) is 7.08. The van der Waals surface area contributed by atoms with Crippen LogP contribution in [0.4, 0.5) is 0 Å². The first-order valence-corrected chi connectivity index (χ1v) is 13.1. The van der Waals surface area contributed by atoms with Crippen LogP contribution in [0.15, 0.2) is 53.4 Å². The van der Waals surface area contributed by atoms with Crippen LogP contribution in [-0.4, -0.2) is 46.7 Å². The highest BCUT2D eigenvalue weighted by atomic mass is 35.5. The van der Waals surface area contributed by atoms with E-state index in [9.17, 15) is 14.7 Å². The summed E-state index contributed by atoms with van der Waals surface area (Å²) in [4.78, 5) is 28.2. The Bertz CT molecular complexity index is 988. The molecule has 176 valence electrons. The van der Waals surface area contributed by atoms with Gasteiger partial charge in [0.25, 0.3) is 0 Å². The average Bonchev–Trinajstić information content (AvgIpc) is 3.19. The molecule has 0 aliphatic carbocycles. The van der Waals surface area contributed by atoms with Crippen LogP contribution in [0.25, 0.3) is 0 Å². The van der Waals surface area contributed by atoms with Crippen LogP contribution >= 0.6 is 23.4 Å². The molecule has 0 bridgehead atoms. The maximum Gasteiger partial charge on any atom is 0.222 e. The lowest BCUT2D eigenvalue weighted by molar-refractivity contribution is -0.136. The Morgan fingerprint density at radius 3 is 2.33 bits per heavy atom. The van der Waals surface area contributed by atoms with E-state index in [1.165, 1.54) is 10.5 Å². The van der Waals surface area contributed by atoms with Crippen molar-refractivity contribution in [1.29, 1.82) is 0 Å². The minimum atomic E-state index is -0.926. The summed E-state index contributed by atoms with van der Waals surface area (Å²) in [5.74, 6) is 0.153. The highest BCUT2D eigenvalue weighted by Gasteiger charge is 2.39. The van der Waals surface area contributed by atoms with E-state index in [-0.39, 0.29) is 17.4 Å². The summed E-state index contributed by atoms with van der Waals surface area (Å²) in [7, 11) is 0. The van der Waals surface area contributed by atoms with Crippen LogP contribution in [0.5, 0.6) is 0 Å². The topological polar surface area (TPSA) is 69.6 Å². The van der Waals surface area contributed by atoms with Crippen molar-refractivity contribution in [2.24, 2.45) is 0 Å². The second kappa shape index (κ2) is 10.1. The highest BCUT2D eigenvalue weighted by Crippen LogP contribution is 2.35. The van der Waals surface area contributed by atoms with Crippen molar-refractivity contribution in [2.45, 2.75) is 61.0 Å². The number of thioether (sulfide) groups is 1. The van der Waals surface area contributed by atoms with E-state index in [0.717, 1.165) is 18.4 Å². The fraction of sp³-hybridized carbons (Fsp3) is 0.462. The summed E-state index contributed by atoms with van der Waals surface area (Å²) in [6.07, 6.45) is 6.07. The first-order chi connectivity index (χ1) is 15.8. The number of hydrogen-bond donors (Lipinski definition) is 2. The number of carbonyl (C=O) groups excluding carboxylic acids is 2. The molecule has 2 aliphatic heterocycles. The zero-order valence-electron chi connectivity index (χ0n) is 19.0. The Kier molecular flexibility index (Phi) is 7.37. The van der Waals surface area contributed by atoms with E-state index in [2.05, 4.69) is 35.8 Å². The van der Waals surface area contributed by atoms with Gasteiger partial charge in [-0.2, -0.15) is 0 Å². The molecule has 7 heteroatoms. The lowest BCUT2D eigenvalue weighted by atomic mass is 9.83. The van der Waals surface area contributed by atoms with Gasteiger partial charge in [0, 0.05) is 41.4 Å². The Hall–Kier alpha value is -2.02. The van der Waals surface area contributed by atoms with Gasteiger partial charge in [-0.1, -0.05) is 35.9 Å². The molecule has 5 nitrogen and oxygen atoms in total. The van der Waals surface area contributed by atoms with Crippen molar-refractivity contribution in [3.05, 3.63) is 64.7 Å². The maximum atomic E-state index is 13.0. The van der Waals surface area contributed by atoms with Gasteiger partial charge < -0.3 is 15.3 Å². The molecule has 0 saturated carbocycles. The van der Waals surface area contributed by atoms with Crippen molar-refractivity contribution in [3.63, 3.8) is 0 Å². The SMILES string of the molecule is CSc1ccc(CC2(CCC(=O)N3CCC(O)(c4ccc(Cl)cc4)CC3)CCC(=O)N2)cc1. The maximum absolute atomic E-state index is 13.0. The third kappa shape index (κ3) is 5.73. The normalized spacial score (nSPS) is 22.3. The largest absolute Gasteiger partial charge is 0.385 e. The monoisotopic (exact) mass is 486 g/mol. The number of rotatable bonds is 7. The van der Waals surface area contributed by atoms with Gasteiger partial charge in [-0.05, 0) is 73.8 Å². The fourth-order valence-corrected chi connectivity index (χ4v) is 5.53. The number of hydrogen-bond acceptors (Lipinski definition) is 4. The molecular weight excluding hydrogens is 456 g/mol. The number of amides is 2. The molecule has 1 atom stereocenters. The molecule has 2 aliphatic rings. The highest BCUT2D eigenvalue weighted by molar-refractivity contribution is 7.98. The number of benzene rings is 2. The van der Waals surface area contributed by atoms with E-state index in [4.69, 9.17) is 11.6 Å². The minimum Gasteiger partial charge on any atom is -0.385 e. The molecule has 0 aromatic heterocycles. The summed E-state index contributed by atoms with van der Waals surface area (Å²) in [5, 5.41) is 14.9. The van der Waals surface area contributed by atoms with Crippen molar-refractivity contribution in [2.75, 3.05) is 19.3 Å². The van der Waals surface area contributed by atoms with Gasteiger partial charge in [0.15, 0.2) is 0 Å². The molecule has 0 spiro atoms. The Morgan fingerprint density at radius 1 is 1.09 bits per heavy atom. The van der Waals surface area contributed by atoms with Gasteiger partial charge in [-0.15, -0.1) is 11.8 Å². The standard InChI is InChI=1S/C26H31ClN2O3S/c1-33-22-8-2-19(3-9-22)18-25(12-10-23(30)28-25)13-11-24(31)29-16-14-26(32,15-17-29)20-4-6-21(27)7-5-20/h2-9,32H,10-18H2,1H3,(H,28,30). The number of halogens is 1. The summed E-state index contributed by atoms with van der Waals surface area (Å²) in [5.41, 5.74) is 0.728. The molecule has 2 aromatic carbocycles. The summed E-state index contributed by atoms with van der Waals surface area (Å²) in [6.45, 7) is 1.04. The zero-order valence-corrected chi connectivity index (χ0v) is 20.6. The van der Waals surface area contributed by atoms with Crippen LogP contribution in [-0.2, 0) is 21.6 Å². The first-order valence-electron chi connectivity index (χ1n) is 11.5. The first kappa shape index (κ1) is 24.1. The molecule has 2 amide bonds. The van der Waals surface area contributed by atoms with Crippen molar-refractivity contribution in [3.8, 4) is 0 Å². The fourth-order valence-electron chi connectivity index (χ4n) is 5.00. The van der Waals surface area contributed by atoms with Crippen LogP contribution in [0.1, 0.15) is 49.7 Å². The molecule has 2 fully saturated rings. The van der Waals surface area contributed by atoms with E-state index < -0.39 is 5.60 Å². The molecule has 0 radical (unpaired) electrons. The van der Waals surface area contributed by atoms with Crippen molar-refractivity contribution in [1.82, 2.24) is 10.2 Å². The Labute approximate surface area is 204 Å². The Morgan fingerprint density at radius 2 is 1.76 bits per heavy atom. The molecule has 2 saturated heterocycles. The number of nitrogens with zero attached hydrogens (tertiary/aromatic N) is 1. The number of nitrogens with one attached hydrogen (secondary N) is 1. The van der Waals surface area contributed by atoms with Gasteiger partial charge in [-0.25, -0.2) is 0 Å². The van der Waals surface area contributed by atoms with Crippen LogP contribution in [0.2, 0.25) is 5.02 Å². The number of carbonyl (C=O) groups is 2. The van der Waals surface area contributed by atoms with Gasteiger partial charge >= 0.3 is 0 Å². The predicted molar refractivity (Wildman–Crippen MR) is 132 cm³/mol. The van der Waals surface area contributed by atoms with Crippen molar-refractivity contribution < 1.29 is 14.7 Å². The predicted octanol–water partition coefficient (Wildman–Crippen LogP) is 4.54. The molecular formula is C26H31ClN2O3S. The second-order valence-corrected chi connectivity index (χ2v) is 10.6. The smallest absolute Gasteiger partial charge is 0.222 e. The minimum absolute atomic E-state index is 0.0641. The molecule has 1 unspecified atom stereocenters. The summed E-state index contributed by atoms with van der Waals surface area (Å²) in [6, 6.07) is 15.7. The van der Waals surface area contributed by atoms with Crippen LogP contribution in [0, 0.1) is 0 Å². The number of likely N-dealkylation sites (tertiary alicyclic amines) is 1. The van der Waals surface area contributed by atoms with Gasteiger partial charge in [0.2, 0.25) is 11.8 Å². The Balaban J connectivity index is 1.35. The number of aliphatic hydroxyl groups is 1. The molecule has 2 N–H and O–H groups in total. The summed E-state index contributed by atoms with van der Waals surface area (Å²) < 4.78 is 0. The van der Waals surface area contributed by atoms with E-state index in [1.54, 1.807) is 23.9 Å². The zero-order chi connectivity index (χ0) is 23.5. The molecule has 2 aromatic rings. The van der Waals surface area contributed by atoms with Crippen molar-refractivity contribution >= 4 is 35.2 Å². The summed E-state index contributed by atoms with van der Waals surface area (Å²) >= 11 is 7.68.